The normalized spacial score (nSPS) is 15.7. The van der Waals surface area contributed by atoms with Crippen LogP contribution >= 0.6 is 0 Å². The minimum atomic E-state index is -0.698. The number of imide groups is 1. The third-order valence-corrected chi connectivity index (χ3v) is 3.57. The maximum absolute atomic E-state index is 12.1. The van der Waals surface area contributed by atoms with Crippen LogP contribution in [0.5, 0.6) is 0 Å². The van der Waals surface area contributed by atoms with Crippen molar-refractivity contribution in [2.45, 2.75) is 65.5 Å². The molecule has 1 saturated heterocycles. The van der Waals surface area contributed by atoms with Gasteiger partial charge in [0, 0.05) is 18.6 Å². The van der Waals surface area contributed by atoms with Gasteiger partial charge in [0.25, 0.3) is 5.91 Å². The van der Waals surface area contributed by atoms with E-state index in [-0.39, 0.29) is 5.92 Å². The molecule has 154 valence electrons. The summed E-state index contributed by atoms with van der Waals surface area (Å²) in [4.78, 5) is 48.9. The van der Waals surface area contributed by atoms with Gasteiger partial charge in [-0.15, -0.1) is 0 Å². The van der Waals surface area contributed by atoms with Crippen LogP contribution in [0.15, 0.2) is 0 Å². The number of likely N-dealkylation sites (tertiary alicyclic amines) is 1. The fraction of sp³-hybridized carbons (Fsp3) is 0.778. The number of carbonyl (C=O) groups is 4. The maximum atomic E-state index is 12.1. The molecular weight excluding hydrogens is 354 g/mol. The van der Waals surface area contributed by atoms with E-state index in [4.69, 9.17) is 9.47 Å². The van der Waals surface area contributed by atoms with Crippen molar-refractivity contribution in [2.24, 2.45) is 5.92 Å². The van der Waals surface area contributed by atoms with Crippen LogP contribution in [-0.2, 0) is 19.1 Å². The van der Waals surface area contributed by atoms with Crippen molar-refractivity contribution in [3.05, 3.63) is 0 Å². The molecule has 4 amide bonds. The summed E-state index contributed by atoms with van der Waals surface area (Å²) in [5, 5.41) is 4.67. The number of urea groups is 1. The number of amides is 4. The van der Waals surface area contributed by atoms with Crippen LogP contribution in [0.3, 0.4) is 0 Å². The first-order valence-corrected chi connectivity index (χ1v) is 9.03. The molecule has 0 aliphatic carbocycles. The van der Waals surface area contributed by atoms with E-state index in [0.29, 0.717) is 25.9 Å². The van der Waals surface area contributed by atoms with Crippen molar-refractivity contribution in [2.75, 3.05) is 19.7 Å². The summed E-state index contributed by atoms with van der Waals surface area (Å²) < 4.78 is 10.3. The lowest BCUT2D eigenvalue weighted by molar-refractivity contribution is -0.153. The van der Waals surface area contributed by atoms with Gasteiger partial charge in [-0.05, 0) is 54.4 Å². The van der Waals surface area contributed by atoms with Gasteiger partial charge in [-0.25, -0.2) is 9.59 Å². The minimum Gasteiger partial charge on any atom is -0.455 e. The van der Waals surface area contributed by atoms with Crippen LogP contribution in [0.4, 0.5) is 9.59 Å². The summed E-state index contributed by atoms with van der Waals surface area (Å²) in [6.07, 6.45) is 0.465. The highest BCUT2D eigenvalue weighted by molar-refractivity contribution is 5.95. The minimum absolute atomic E-state index is 0.384. The van der Waals surface area contributed by atoms with E-state index in [1.165, 1.54) is 0 Å². The quantitative estimate of drug-likeness (QED) is 0.716. The van der Waals surface area contributed by atoms with Crippen molar-refractivity contribution in [1.82, 2.24) is 15.5 Å². The number of nitrogens with zero attached hydrogens (tertiary/aromatic N) is 1. The second-order valence-corrected chi connectivity index (χ2v) is 8.60. The zero-order valence-electron chi connectivity index (χ0n) is 17.0. The zero-order chi connectivity index (χ0) is 20.8. The number of nitrogens with one attached hydrogen (secondary N) is 2. The first kappa shape index (κ1) is 22.7. The summed E-state index contributed by atoms with van der Waals surface area (Å²) in [6.45, 7) is 11.0. The fourth-order valence-corrected chi connectivity index (χ4v) is 2.41. The van der Waals surface area contributed by atoms with Gasteiger partial charge in [0.2, 0.25) is 0 Å². The molecule has 27 heavy (non-hydrogen) atoms. The molecule has 1 fully saturated rings. The second-order valence-electron chi connectivity index (χ2n) is 8.60. The molecule has 0 aromatic rings. The van der Waals surface area contributed by atoms with Crippen LogP contribution in [0.1, 0.15) is 54.4 Å². The molecule has 0 saturated carbocycles. The van der Waals surface area contributed by atoms with Crippen LogP contribution in [0, 0.1) is 5.92 Å². The lowest BCUT2D eigenvalue weighted by Gasteiger charge is -2.32. The van der Waals surface area contributed by atoms with E-state index in [1.54, 1.807) is 46.4 Å². The van der Waals surface area contributed by atoms with Gasteiger partial charge >= 0.3 is 18.1 Å². The molecule has 0 radical (unpaired) electrons. The summed E-state index contributed by atoms with van der Waals surface area (Å²) in [6, 6.07) is -0.644. The third-order valence-electron chi connectivity index (χ3n) is 3.57. The van der Waals surface area contributed by atoms with Gasteiger partial charge in [-0.3, -0.25) is 14.9 Å². The Hall–Kier alpha value is -2.32. The van der Waals surface area contributed by atoms with Gasteiger partial charge in [0.15, 0.2) is 6.61 Å². The Morgan fingerprint density at radius 2 is 1.56 bits per heavy atom. The second kappa shape index (κ2) is 9.05. The van der Waals surface area contributed by atoms with E-state index in [1.807, 2.05) is 0 Å². The van der Waals surface area contributed by atoms with Crippen LogP contribution < -0.4 is 10.6 Å². The van der Waals surface area contributed by atoms with Crippen molar-refractivity contribution in [1.29, 1.82) is 0 Å². The summed E-state index contributed by atoms with van der Waals surface area (Å²) in [7, 11) is 0. The molecule has 9 nitrogen and oxygen atoms in total. The van der Waals surface area contributed by atoms with E-state index in [9.17, 15) is 19.2 Å². The van der Waals surface area contributed by atoms with E-state index >= 15 is 0 Å². The van der Waals surface area contributed by atoms with Gasteiger partial charge in [-0.2, -0.15) is 0 Å². The molecule has 1 aliphatic rings. The first-order chi connectivity index (χ1) is 12.3. The Morgan fingerprint density at radius 1 is 1.00 bits per heavy atom. The number of ether oxygens (including phenoxy) is 2. The smallest absolute Gasteiger partial charge is 0.410 e. The largest absolute Gasteiger partial charge is 0.455 e. The fourth-order valence-electron chi connectivity index (χ4n) is 2.41. The Kier molecular flexibility index (Phi) is 7.62. The van der Waals surface area contributed by atoms with E-state index in [0.717, 1.165) is 0 Å². The molecule has 0 aromatic heterocycles. The maximum Gasteiger partial charge on any atom is 0.410 e. The Bertz CT molecular complexity index is 569. The molecule has 0 aromatic carbocycles. The standard InChI is InChI=1S/C18H31N3O6/c1-17(2,3)20-15(24)19-13(22)11-26-14(23)12-7-9-21(10-8-12)16(25)27-18(4,5)6/h12H,7-11H2,1-6H3,(H2,19,20,22,24). The third kappa shape index (κ3) is 9.25. The molecule has 0 spiro atoms. The molecule has 0 bridgehead atoms. The first-order valence-electron chi connectivity index (χ1n) is 9.03. The molecular formula is C18H31N3O6. The lowest BCUT2D eigenvalue weighted by Crippen LogP contribution is -2.49. The van der Waals surface area contributed by atoms with Crippen LogP contribution in [0.2, 0.25) is 0 Å². The number of rotatable bonds is 3. The Morgan fingerprint density at radius 3 is 2.04 bits per heavy atom. The highest BCUT2D eigenvalue weighted by Crippen LogP contribution is 2.20. The van der Waals surface area contributed by atoms with Gasteiger partial charge < -0.3 is 19.7 Å². The molecule has 2 N–H and O–H groups in total. The number of piperidine rings is 1. The monoisotopic (exact) mass is 385 g/mol. The average Bonchev–Trinajstić information content (AvgIpc) is 2.49. The predicted octanol–water partition coefficient (Wildman–Crippen LogP) is 1.80. The van der Waals surface area contributed by atoms with Crippen LogP contribution in [0.25, 0.3) is 0 Å². The average molecular weight is 385 g/mol. The zero-order valence-corrected chi connectivity index (χ0v) is 17.0. The SMILES string of the molecule is CC(C)(C)NC(=O)NC(=O)COC(=O)C1CCN(C(=O)OC(C)(C)C)CC1. The predicted molar refractivity (Wildman–Crippen MR) is 97.9 cm³/mol. The summed E-state index contributed by atoms with van der Waals surface area (Å²) in [5.74, 6) is -1.60. The molecule has 1 heterocycles. The van der Waals surface area contributed by atoms with E-state index < -0.39 is 41.7 Å². The van der Waals surface area contributed by atoms with Crippen molar-refractivity contribution in [3.63, 3.8) is 0 Å². The summed E-state index contributed by atoms with van der Waals surface area (Å²) in [5.41, 5.74) is -1.05. The molecule has 1 aliphatic heterocycles. The van der Waals surface area contributed by atoms with E-state index in [2.05, 4.69) is 10.6 Å². The molecule has 1 rings (SSSR count). The number of carbonyl (C=O) groups excluding carboxylic acids is 4. The molecule has 0 atom stereocenters. The van der Waals surface area contributed by atoms with Gasteiger partial charge in [0.1, 0.15) is 5.60 Å². The van der Waals surface area contributed by atoms with Crippen molar-refractivity contribution >= 4 is 24.0 Å². The van der Waals surface area contributed by atoms with Crippen molar-refractivity contribution < 1.29 is 28.7 Å². The number of hydrogen-bond acceptors (Lipinski definition) is 6. The highest BCUT2D eigenvalue weighted by Gasteiger charge is 2.31. The molecule has 0 unspecified atom stereocenters. The summed E-state index contributed by atoms with van der Waals surface area (Å²) >= 11 is 0. The number of hydrogen-bond donors (Lipinski definition) is 2. The Balaban J connectivity index is 2.34. The molecule has 9 heteroatoms. The topological polar surface area (TPSA) is 114 Å². The van der Waals surface area contributed by atoms with Gasteiger partial charge in [0.05, 0.1) is 5.92 Å². The number of esters is 1. The van der Waals surface area contributed by atoms with Crippen LogP contribution in [-0.4, -0.2) is 59.7 Å². The van der Waals surface area contributed by atoms with Crippen molar-refractivity contribution in [3.8, 4) is 0 Å². The van der Waals surface area contributed by atoms with Gasteiger partial charge in [-0.1, -0.05) is 0 Å². The Labute approximate surface area is 160 Å². The highest BCUT2D eigenvalue weighted by atomic mass is 16.6. The lowest BCUT2D eigenvalue weighted by atomic mass is 9.97.